The summed E-state index contributed by atoms with van der Waals surface area (Å²) in [6.45, 7) is 29.3. The van der Waals surface area contributed by atoms with Crippen molar-refractivity contribution in [2.24, 2.45) is 64.0 Å². The molecule has 0 aromatic rings. The van der Waals surface area contributed by atoms with Crippen molar-refractivity contribution in [1.82, 2.24) is 128 Å². The van der Waals surface area contributed by atoms with Crippen LogP contribution >= 0.6 is 11.8 Å². The van der Waals surface area contributed by atoms with Crippen molar-refractivity contribution in [2.75, 3.05) is 44.7 Å². The predicted octanol–water partition coefficient (Wildman–Crippen LogP) is -7.91. The largest absolute Gasteiger partial charge is 0.480 e. The Kier molecular flexibility index (Phi) is 64.2. The molecule has 0 heterocycles. The number of carboxylic acid groups (broad SMARTS) is 1. The van der Waals surface area contributed by atoms with Gasteiger partial charge in [0.25, 0.3) is 0 Å². The van der Waals surface area contributed by atoms with Crippen LogP contribution in [-0.2, 0) is 95.9 Å². The summed E-state index contributed by atoms with van der Waals surface area (Å²) in [4.78, 5) is 277. The zero-order valence-electron chi connectivity index (χ0n) is 89.5. The van der Waals surface area contributed by atoms with Gasteiger partial charge in [-0.2, -0.15) is 11.8 Å². The highest BCUT2D eigenvalue weighted by Crippen LogP contribution is 2.16. The minimum atomic E-state index is -1.48. The number of carbonyl (C=O) groups is 20. The molecule has 0 aliphatic heterocycles. The Morgan fingerprint density at radius 3 is 0.544 bits per heavy atom. The molecule has 149 heavy (non-hydrogen) atoms. The van der Waals surface area contributed by atoms with Gasteiger partial charge in [-0.3, -0.25) is 118 Å². The van der Waals surface area contributed by atoms with Gasteiger partial charge in [0.1, 0.15) is 115 Å². The van der Waals surface area contributed by atoms with Gasteiger partial charge in [0, 0.05) is 32.7 Å². The third-order valence-corrected chi connectivity index (χ3v) is 23.2. The van der Waals surface area contributed by atoms with Gasteiger partial charge in [-0.15, -0.1) is 0 Å². The van der Waals surface area contributed by atoms with Gasteiger partial charge >= 0.3 is 5.97 Å². The summed E-state index contributed by atoms with van der Waals surface area (Å²) in [5, 5.41) is 109. The van der Waals surface area contributed by atoms with E-state index in [1.54, 1.807) is 69.2 Å². The molecule has 0 fully saturated rings. The van der Waals surface area contributed by atoms with Crippen molar-refractivity contribution in [3.8, 4) is 0 Å². The van der Waals surface area contributed by atoms with E-state index in [9.17, 15) is 101 Å². The number of rotatable bonds is 72. The summed E-state index contributed by atoms with van der Waals surface area (Å²) < 4.78 is 0. The third-order valence-electron chi connectivity index (χ3n) is 22.5. The molecule has 0 saturated carbocycles. The molecule has 0 radical (unpaired) electrons. The van der Waals surface area contributed by atoms with Crippen LogP contribution in [-0.4, -0.2) is 319 Å². The van der Waals surface area contributed by atoms with Crippen molar-refractivity contribution < 1.29 is 101 Å². The van der Waals surface area contributed by atoms with Crippen LogP contribution in [0.3, 0.4) is 0 Å². The Hall–Kier alpha value is -13.9. The Bertz CT molecular complexity index is 4490. The summed E-state index contributed by atoms with van der Waals surface area (Å²) >= 11 is 1.48. The normalized spacial score (nSPS) is 15.2. The zero-order chi connectivity index (χ0) is 114. The van der Waals surface area contributed by atoms with Crippen LogP contribution in [0.1, 0.15) is 234 Å². The monoisotopic (exact) mass is 2130 g/mol. The smallest absolute Gasteiger partial charge is 0.326 e. The highest BCUT2D eigenvalue weighted by molar-refractivity contribution is 7.98. The van der Waals surface area contributed by atoms with E-state index in [4.69, 9.17) is 61.4 Å². The molecule has 0 rings (SSSR count). The van der Waals surface area contributed by atoms with Gasteiger partial charge in [0.2, 0.25) is 112 Å². The average Bonchev–Trinajstić information content (AvgIpc) is 0.858. The molecule has 20 atom stereocenters. The number of hydrogen-bond acceptors (Lipinski definition) is 27. The number of carboxylic acids is 1. The summed E-state index contributed by atoms with van der Waals surface area (Å²) in [5.41, 5.74) is 33.4. The number of nitrogens with two attached hydrogens (primary N) is 6. The second-order valence-electron chi connectivity index (χ2n) is 39.0. The molecule has 0 aromatic heterocycles. The van der Waals surface area contributed by atoms with Crippen LogP contribution < -0.4 is 162 Å². The number of amides is 19. The maximum absolute atomic E-state index is 14.5. The molecule has 0 unspecified atom stereocenters. The third kappa shape index (κ3) is 57.8. The van der Waals surface area contributed by atoms with E-state index in [1.807, 2.05) is 6.26 Å². The molecule has 846 valence electrons. The maximum atomic E-state index is 14.5. The van der Waals surface area contributed by atoms with E-state index >= 15 is 0 Å². The second-order valence-corrected chi connectivity index (χ2v) is 40.0. The lowest BCUT2D eigenvalue weighted by molar-refractivity contribution is -0.142. The number of carbonyl (C=O) groups excluding carboxylic acids is 19. The highest BCUT2D eigenvalue weighted by Gasteiger charge is 2.39. The number of guanidine groups is 5. The average molecular weight is 2140 g/mol. The van der Waals surface area contributed by atoms with Crippen molar-refractivity contribution in [2.45, 2.75) is 355 Å². The first-order valence-electron chi connectivity index (χ1n) is 50.1. The number of nitrogens with one attached hydrogen (secondary N) is 29. The van der Waals surface area contributed by atoms with Crippen LogP contribution in [0.2, 0.25) is 0 Å². The number of thioether (sulfide) groups is 1. The van der Waals surface area contributed by atoms with Gasteiger partial charge in [0.15, 0.2) is 29.8 Å². The number of aliphatic carboxylic acids is 1. The Morgan fingerprint density at radius 1 is 0.215 bits per heavy atom. The summed E-state index contributed by atoms with van der Waals surface area (Å²) in [6, 6.07) is -27.1. The topological polar surface area (TPSA) is 926 Å². The molecular formula is C92H171N35O21S. The maximum Gasteiger partial charge on any atom is 0.326 e. The first-order valence-corrected chi connectivity index (χ1v) is 51.5. The van der Waals surface area contributed by atoms with Crippen LogP contribution in [0.25, 0.3) is 0 Å². The lowest BCUT2D eigenvalue weighted by atomic mass is 10.0. The fourth-order valence-electron chi connectivity index (χ4n) is 14.2. The minimum absolute atomic E-state index is 0.00192. The molecule has 42 N–H and O–H groups in total. The van der Waals surface area contributed by atoms with Crippen molar-refractivity contribution >= 4 is 160 Å². The Labute approximate surface area is 875 Å². The minimum Gasteiger partial charge on any atom is -0.480 e. The van der Waals surface area contributed by atoms with Crippen LogP contribution in [0.4, 0.5) is 0 Å². The van der Waals surface area contributed by atoms with Gasteiger partial charge in [0.05, 0.1) is 6.04 Å². The Balaban J connectivity index is 6.89. The van der Waals surface area contributed by atoms with Crippen LogP contribution in [0.15, 0.2) is 0 Å². The SMILES string of the molecule is CSCC[C@H](N)C(=O)N[C@@H](C)C(=O)N[C@@H](C)C(=O)N[C@@H](CCCNC(=N)N)C(=O)N[C@@H](C)C(=O)N[C@@H](C)C(=O)N[C@@H](CCCNC(=N)N)C(=O)N[C@@H](CC(C)C)C(=O)N[C@@H](C)C(=O)N[C@@H](C)C(=O)N[C@@H](CCCNC(=N)N)C(=O)N[C@@H](CC(C)C)C(=O)N[C@@H](C)C(=O)N[C@@H](CCCNC(=N)N)C(=O)N[C@@H](CC(C)C)C(=O)N[C@@H](C)C(=O)N[C@@H](CC(C)C)C(=O)N[C@@H](CCCNC(=N)N)C(=O)N[C@@H](C)C(=O)N[C@@H](CC(C)C)C(=O)O. The molecule has 0 aliphatic rings. The van der Waals surface area contributed by atoms with Gasteiger partial charge in [-0.25, -0.2) is 4.79 Å². The molecule has 0 aromatic carbocycles. The molecule has 0 bridgehead atoms. The van der Waals surface area contributed by atoms with E-state index in [0.717, 1.165) is 0 Å². The van der Waals surface area contributed by atoms with Crippen molar-refractivity contribution in [3.05, 3.63) is 0 Å². The van der Waals surface area contributed by atoms with Crippen molar-refractivity contribution in [1.29, 1.82) is 27.0 Å². The lowest BCUT2D eigenvalue weighted by Gasteiger charge is -2.28. The fraction of sp³-hybridized carbons (Fsp3) is 0.728. The fourth-order valence-corrected chi connectivity index (χ4v) is 14.7. The molecule has 19 amide bonds. The summed E-state index contributed by atoms with van der Waals surface area (Å²) in [6.07, 6.45) is 2.00. The molecular weight excluding hydrogens is 1960 g/mol. The van der Waals surface area contributed by atoms with Gasteiger partial charge in [-0.05, 0) is 207 Å². The molecule has 0 saturated heterocycles. The summed E-state index contributed by atoms with van der Waals surface area (Å²) in [5.74, 6) is -20.5. The first-order chi connectivity index (χ1) is 69.4. The summed E-state index contributed by atoms with van der Waals surface area (Å²) in [7, 11) is 0. The molecule has 57 heteroatoms. The molecule has 56 nitrogen and oxygen atoms in total. The molecule has 0 aliphatic carbocycles. The van der Waals surface area contributed by atoms with Crippen molar-refractivity contribution in [3.63, 3.8) is 0 Å². The number of hydrogen-bond donors (Lipinski definition) is 36. The van der Waals surface area contributed by atoms with E-state index < -0.39 is 257 Å². The standard InChI is InChI=1S/C92H171N35O21S/c1-43(2)38-63(124-80(140)60(28-23-34-106-90(98)99)119-72(132)52(15)110-69(129)49(12)113-78(138)58(26-21-32-104-88(94)95)118-71(131)51(14)109-68(128)48(11)112-77(137)57(93)31-37-149-20)83(143)115-50(13)70(130)111-53(16)73(133)120-61(29-24-35-107-91(100)101)81(141)125-64(39-44(3)4)84(144)116-54(17)74(134)121-62(30-25-36-108-92(102)103)82(142)126-65(40-45(5)6)85(145)117-55(18)75(135)123-66(41-46(7)8)86(146)122-59(27-22-33-105-89(96)97)79(139)114-56(19)76(136)127-67(87(147)148)42-47(9)10/h43-67H,21-42,93H2,1-20H3,(H,109,128)(H,110,129)(H,111,130)(H,112,137)(H,113,138)(H,114,139)(H,115,143)(H,116,144)(H,117,145)(H,118,131)(H,119,132)(H,120,133)(H,121,134)(H,122,146)(H,123,135)(H,124,140)(H,125,141)(H,126,142)(H,127,136)(H,147,148)(H4,94,95,104)(H4,96,97,105)(H4,98,99,106)(H4,100,101,107)(H4,102,103,108)/t48-,49-,50-,51-,52-,53-,54-,55-,56-,57-,58-,59-,60-,61-,62-,63-,64-,65-,66-,67-/m0/s1. The Morgan fingerprint density at radius 2 is 0.356 bits per heavy atom. The molecule has 0 spiro atoms. The van der Waals surface area contributed by atoms with E-state index in [1.165, 1.54) is 74.1 Å². The first kappa shape index (κ1) is 135. The van der Waals surface area contributed by atoms with Crippen LogP contribution in [0, 0.1) is 56.6 Å². The quantitative estimate of drug-likeness (QED) is 0.0153. The zero-order valence-corrected chi connectivity index (χ0v) is 90.3. The van der Waals surface area contributed by atoms with Gasteiger partial charge < -0.3 is 167 Å². The lowest BCUT2D eigenvalue weighted by Crippen LogP contribution is -2.60. The van der Waals surface area contributed by atoms with Gasteiger partial charge in [-0.1, -0.05) is 69.2 Å². The second kappa shape index (κ2) is 70.8. The predicted molar refractivity (Wildman–Crippen MR) is 559 cm³/mol. The van der Waals surface area contributed by atoms with E-state index in [-0.39, 0.29) is 171 Å². The van der Waals surface area contributed by atoms with E-state index in [2.05, 4.69) is 128 Å². The highest BCUT2D eigenvalue weighted by atomic mass is 32.2. The van der Waals surface area contributed by atoms with Crippen LogP contribution in [0.5, 0.6) is 0 Å². The van der Waals surface area contributed by atoms with E-state index in [0.29, 0.717) is 12.2 Å².